The molecule has 292 valence electrons. The van der Waals surface area contributed by atoms with Gasteiger partial charge in [0.05, 0.1) is 16.8 Å². The maximum absolute atomic E-state index is 14.1. The van der Waals surface area contributed by atoms with E-state index < -0.39 is 47.3 Å². The number of aromatic nitrogens is 3. The predicted octanol–water partition coefficient (Wildman–Crippen LogP) is 6.15. The third-order valence-corrected chi connectivity index (χ3v) is 10.4. The van der Waals surface area contributed by atoms with Crippen LogP contribution in [0.3, 0.4) is 0 Å². The minimum Gasteiger partial charge on any atom is -0.490 e. The van der Waals surface area contributed by atoms with Crippen molar-refractivity contribution in [2.75, 3.05) is 29.9 Å². The van der Waals surface area contributed by atoms with Crippen LogP contribution >= 0.6 is 0 Å². The number of rotatable bonds is 12. The average molecular weight is 767 g/mol. The number of hydrogen-bond donors (Lipinski definition) is 3. The number of nitrogens with two attached hydrogens (primary N) is 1. The van der Waals surface area contributed by atoms with E-state index in [0.29, 0.717) is 35.2 Å². The van der Waals surface area contributed by atoms with Crippen LogP contribution in [0.25, 0.3) is 11.3 Å². The number of carbonyl (C=O) groups is 4. The number of benzene rings is 1. The SMILES string of the molecule is CC(C)C[C@](C)(N)COc1ccc(-c2ccnc(Nc3ccc(C4CCN(c5ccc6c(c5)C(=O)N(C5CCC(=O)NC5=O)C6=O)CC4)cn3)c2)nc1C(F)F. The van der Waals surface area contributed by atoms with Gasteiger partial charge in [-0.15, -0.1) is 0 Å². The van der Waals surface area contributed by atoms with E-state index in [4.69, 9.17) is 10.5 Å². The van der Waals surface area contributed by atoms with Crippen LogP contribution in [0, 0.1) is 5.92 Å². The molecular weight excluding hydrogens is 722 g/mol. The first kappa shape index (κ1) is 38.4. The first-order chi connectivity index (χ1) is 26.8. The lowest BCUT2D eigenvalue weighted by molar-refractivity contribution is -0.136. The molecule has 1 unspecified atom stereocenters. The number of pyridine rings is 3. The van der Waals surface area contributed by atoms with E-state index >= 15 is 0 Å². The van der Waals surface area contributed by atoms with Crippen LogP contribution < -0.4 is 26.0 Å². The summed E-state index contributed by atoms with van der Waals surface area (Å²) in [6, 6.07) is 14.6. The largest absolute Gasteiger partial charge is 0.490 e. The van der Waals surface area contributed by atoms with E-state index in [1.165, 1.54) is 6.07 Å². The fourth-order valence-electron chi connectivity index (χ4n) is 7.77. The fraction of sp³-hybridized carbons (Fsp3) is 0.390. The standard InChI is InChI=1S/C41H44F2N8O5/c1-23(2)20-41(3,44)22-56-32-9-7-30(47-36(32)37(42)43)25-12-15-45-34(18-25)48-33-10-4-26(21-46-33)24-13-16-50(17-14-24)27-5-6-28-29(19-27)40(55)51(39(28)54)31-8-11-35(52)49-38(31)53/h4-7,9-10,12,15,18-19,21,23-24,31,37H,8,11,13-14,16-17,20,22,44H2,1-3H3,(H,45,46,48)(H,49,52,53)/t31?,41-/m0/s1. The van der Waals surface area contributed by atoms with Crippen molar-refractivity contribution in [3.63, 3.8) is 0 Å². The zero-order chi connectivity index (χ0) is 39.7. The number of hydrogen-bond acceptors (Lipinski definition) is 11. The van der Waals surface area contributed by atoms with Crippen LogP contribution in [0.5, 0.6) is 5.75 Å². The minimum atomic E-state index is -2.84. The van der Waals surface area contributed by atoms with E-state index in [1.807, 2.05) is 45.2 Å². The molecule has 1 aromatic carbocycles. The Bertz CT molecular complexity index is 2150. The van der Waals surface area contributed by atoms with Crippen molar-refractivity contribution in [3.05, 3.63) is 89.4 Å². The number of alkyl halides is 2. The molecule has 0 bridgehead atoms. The number of anilines is 3. The van der Waals surface area contributed by atoms with Crippen LogP contribution in [0.2, 0.25) is 0 Å². The molecule has 15 heteroatoms. The molecule has 2 atom stereocenters. The topological polar surface area (TPSA) is 173 Å². The van der Waals surface area contributed by atoms with Gasteiger partial charge in [-0.1, -0.05) is 19.9 Å². The molecule has 13 nitrogen and oxygen atoms in total. The summed E-state index contributed by atoms with van der Waals surface area (Å²) in [5.74, 6) is -0.474. The summed E-state index contributed by atoms with van der Waals surface area (Å²) in [5, 5.41) is 5.41. The second kappa shape index (κ2) is 15.7. The summed E-state index contributed by atoms with van der Waals surface area (Å²) in [6.45, 7) is 7.45. The van der Waals surface area contributed by atoms with Gasteiger partial charge >= 0.3 is 0 Å². The Kier molecular flexibility index (Phi) is 10.8. The van der Waals surface area contributed by atoms with Crippen molar-refractivity contribution in [3.8, 4) is 17.0 Å². The van der Waals surface area contributed by atoms with E-state index in [9.17, 15) is 28.0 Å². The van der Waals surface area contributed by atoms with Crippen LogP contribution in [-0.2, 0) is 9.59 Å². The van der Waals surface area contributed by atoms with Crippen molar-refractivity contribution in [2.24, 2.45) is 11.7 Å². The van der Waals surface area contributed by atoms with Crippen molar-refractivity contribution >= 4 is 41.0 Å². The third-order valence-electron chi connectivity index (χ3n) is 10.4. The van der Waals surface area contributed by atoms with E-state index in [2.05, 4.69) is 30.5 Å². The highest BCUT2D eigenvalue weighted by molar-refractivity contribution is 6.23. The molecule has 4 aromatic rings. The van der Waals surface area contributed by atoms with Gasteiger partial charge < -0.3 is 20.7 Å². The van der Waals surface area contributed by atoms with Gasteiger partial charge in [0.2, 0.25) is 11.8 Å². The van der Waals surface area contributed by atoms with Gasteiger partial charge in [-0.3, -0.25) is 29.4 Å². The van der Waals surface area contributed by atoms with Gasteiger partial charge in [-0.25, -0.2) is 23.7 Å². The quantitative estimate of drug-likeness (QED) is 0.141. The highest BCUT2D eigenvalue weighted by Gasteiger charge is 2.45. The molecule has 4 amide bonds. The Morgan fingerprint density at radius 1 is 0.946 bits per heavy atom. The molecule has 0 spiro atoms. The second-order valence-corrected chi connectivity index (χ2v) is 15.4. The van der Waals surface area contributed by atoms with Gasteiger partial charge in [-0.2, -0.15) is 0 Å². The van der Waals surface area contributed by atoms with Gasteiger partial charge in [-0.05, 0) is 98.5 Å². The summed E-state index contributed by atoms with van der Waals surface area (Å²) >= 11 is 0. The molecule has 3 aliphatic heterocycles. The van der Waals surface area contributed by atoms with Crippen LogP contribution in [0.15, 0.2) is 67.0 Å². The van der Waals surface area contributed by atoms with Crippen molar-refractivity contribution in [2.45, 2.75) is 76.8 Å². The number of carbonyl (C=O) groups excluding carboxylic acids is 4. The van der Waals surface area contributed by atoms with Crippen molar-refractivity contribution in [1.82, 2.24) is 25.2 Å². The highest BCUT2D eigenvalue weighted by Crippen LogP contribution is 2.35. The molecule has 0 aliphatic carbocycles. The Labute approximate surface area is 323 Å². The van der Waals surface area contributed by atoms with E-state index in [0.717, 1.165) is 42.1 Å². The summed E-state index contributed by atoms with van der Waals surface area (Å²) in [5.41, 5.74) is 8.56. The first-order valence-electron chi connectivity index (χ1n) is 18.8. The Hall–Kier alpha value is -5.83. The van der Waals surface area contributed by atoms with Crippen molar-refractivity contribution in [1.29, 1.82) is 0 Å². The van der Waals surface area contributed by atoms with Crippen LogP contribution in [0.4, 0.5) is 26.1 Å². The molecule has 4 N–H and O–H groups in total. The molecule has 3 aromatic heterocycles. The average Bonchev–Trinajstić information content (AvgIpc) is 3.42. The highest BCUT2D eigenvalue weighted by atomic mass is 19.3. The van der Waals surface area contributed by atoms with Crippen LogP contribution in [-0.4, -0.2) is 74.8 Å². The van der Waals surface area contributed by atoms with Gasteiger partial charge in [0.25, 0.3) is 18.2 Å². The van der Waals surface area contributed by atoms with Gasteiger partial charge in [0.1, 0.15) is 35.7 Å². The summed E-state index contributed by atoms with van der Waals surface area (Å²) < 4.78 is 33.9. The second-order valence-electron chi connectivity index (χ2n) is 15.4. The monoisotopic (exact) mass is 766 g/mol. The minimum absolute atomic E-state index is 0.00375. The predicted molar refractivity (Wildman–Crippen MR) is 205 cm³/mol. The number of imide groups is 2. The molecule has 2 saturated heterocycles. The number of halogens is 2. The van der Waals surface area contributed by atoms with Gasteiger partial charge in [0.15, 0.2) is 0 Å². The molecule has 0 radical (unpaired) electrons. The van der Waals surface area contributed by atoms with Gasteiger partial charge in [0, 0.05) is 48.7 Å². The molecule has 3 aliphatic rings. The first-order valence-corrected chi connectivity index (χ1v) is 18.8. The maximum Gasteiger partial charge on any atom is 0.284 e. The molecule has 56 heavy (non-hydrogen) atoms. The Morgan fingerprint density at radius 2 is 1.71 bits per heavy atom. The zero-order valence-electron chi connectivity index (χ0n) is 31.4. The summed E-state index contributed by atoms with van der Waals surface area (Å²) in [4.78, 5) is 66.8. The number of amides is 4. The number of ether oxygens (including phenoxy) is 1. The number of nitrogens with one attached hydrogen (secondary N) is 2. The normalized spacial score (nSPS) is 18.7. The zero-order valence-corrected chi connectivity index (χ0v) is 31.4. The number of nitrogens with zero attached hydrogens (tertiary/aromatic N) is 5. The molecule has 2 fully saturated rings. The molecule has 7 rings (SSSR count). The maximum atomic E-state index is 14.1. The van der Waals surface area contributed by atoms with Crippen molar-refractivity contribution < 1.29 is 32.7 Å². The lowest BCUT2D eigenvalue weighted by Gasteiger charge is -2.34. The molecule has 6 heterocycles. The Morgan fingerprint density at radius 3 is 2.41 bits per heavy atom. The smallest absolute Gasteiger partial charge is 0.284 e. The number of piperidine rings is 2. The Balaban J connectivity index is 0.958. The molecular formula is C41H44F2N8O5. The molecule has 0 saturated carbocycles. The summed E-state index contributed by atoms with van der Waals surface area (Å²) in [6.07, 6.45) is 3.09. The third kappa shape index (κ3) is 8.22. The van der Waals surface area contributed by atoms with E-state index in [-0.39, 0.29) is 42.2 Å². The van der Waals surface area contributed by atoms with E-state index in [1.54, 1.807) is 36.5 Å². The lowest BCUT2D eigenvalue weighted by Crippen LogP contribution is -2.54. The fourth-order valence-corrected chi connectivity index (χ4v) is 7.77. The number of fused-ring (bicyclic) bond motifs is 1. The van der Waals surface area contributed by atoms with Crippen LogP contribution in [0.1, 0.15) is 97.2 Å². The lowest BCUT2D eigenvalue weighted by atomic mass is 9.90. The summed E-state index contributed by atoms with van der Waals surface area (Å²) in [7, 11) is 0.